The minimum atomic E-state index is -0.0188. The molecule has 3 nitrogen and oxygen atoms in total. The average Bonchev–Trinajstić information content (AvgIpc) is 2.83. The zero-order valence-electron chi connectivity index (χ0n) is 11.9. The molecule has 1 saturated carbocycles. The SMILES string of the molecule is CCCCC(C(=O)OC)N1CCC2CCCCC21. The second-order valence-electron chi connectivity index (χ2n) is 5.82. The molecule has 18 heavy (non-hydrogen) atoms. The molecule has 1 heterocycles. The lowest BCUT2D eigenvalue weighted by Crippen LogP contribution is -2.46. The monoisotopic (exact) mass is 253 g/mol. The molecule has 1 saturated heterocycles. The van der Waals surface area contributed by atoms with Crippen LogP contribution in [0.1, 0.15) is 58.3 Å². The second kappa shape index (κ2) is 6.55. The fraction of sp³-hybridized carbons (Fsp3) is 0.933. The highest BCUT2D eigenvalue weighted by atomic mass is 16.5. The van der Waals surface area contributed by atoms with Crippen molar-refractivity contribution in [2.75, 3.05) is 13.7 Å². The molecule has 0 spiro atoms. The molecule has 3 heteroatoms. The molecule has 1 aliphatic carbocycles. The number of likely N-dealkylation sites (tertiary alicyclic amines) is 1. The number of hydrogen-bond acceptors (Lipinski definition) is 3. The zero-order chi connectivity index (χ0) is 13.0. The van der Waals surface area contributed by atoms with E-state index in [0.717, 1.165) is 31.7 Å². The van der Waals surface area contributed by atoms with Gasteiger partial charge in [-0.1, -0.05) is 32.6 Å². The third-order valence-electron chi connectivity index (χ3n) is 4.76. The maximum absolute atomic E-state index is 12.0. The third kappa shape index (κ3) is 2.87. The largest absolute Gasteiger partial charge is 0.468 e. The Hall–Kier alpha value is -0.570. The lowest BCUT2D eigenvalue weighted by atomic mass is 9.85. The topological polar surface area (TPSA) is 29.5 Å². The van der Waals surface area contributed by atoms with Crippen LogP contribution < -0.4 is 0 Å². The van der Waals surface area contributed by atoms with Gasteiger partial charge in [-0.15, -0.1) is 0 Å². The summed E-state index contributed by atoms with van der Waals surface area (Å²) >= 11 is 0. The number of methoxy groups -OCH3 is 1. The van der Waals surface area contributed by atoms with Gasteiger partial charge in [0.1, 0.15) is 6.04 Å². The molecule has 0 radical (unpaired) electrons. The van der Waals surface area contributed by atoms with E-state index in [1.807, 2.05) is 0 Å². The predicted octanol–water partition coefficient (Wildman–Crippen LogP) is 2.98. The van der Waals surface area contributed by atoms with Crippen molar-refractivity contribution in [1.82, 2.24) is 4.90 Å². The van der Waals surface area contributed by atoms with Crippen molar-refractivity contribution >= 4 is 5.97 Å². The summed E-state index contributed by atoms with van der Waals surface area (Å²) in [7, 11) is 1.52. The standard InChI is InChI=1S/C15H27NO2/c1-3-4-8-14(15(17)18-2)16-11-10-12-7-5-6-9-13(12)16/h12-14H,3-11H2,1-2H3. The van der Waals surface area contributed by atoms with Gasteiger partial charge >= 0.3 is 5.97 Å². The number of carbonyl (C=O) groups is 1. The second-order valence-corrected chi connectivity index (χ2v) is 5.82. The number of unbranched alkanes of at least 4 members (excludes halogenated alkanes) is 1. The number of esters is 1. The molecule has 0 aromatic rings. The number of ether oxygens (including phenoxy) is 1. The van der Waals surface area contributed by atoms with Crippen molar-refractivity contribution < 1.29 is 9.53 Å². The quantitative estimate of drug-likeness (QED) is 0.705. The summed E-state index contributed by atoms with van der Waals surface area (Å²) in [6, 6.07) is 0.669. The lowest BCUT2D eigenvalue weighted by molar-refractivity contribution is -0.148. The van der Waals surface area contributed by atoms with Gasteiger partial charge in [-0.05, 0) is 38.1 Å². The first-order valence-electron chi connectivity index (χ1n) is 7.61. The third-order valence-corrected chi connectivity index (χ3v) is 4.76. The predicted molar refractivity (Wildman–Crippen MR) is 72.4 cm³/mol. The summed E-state index contributed by atoms with van der Waals surface area (Å²) < 4.78 is 5.02. The van der Waals surface area contributed by atoms with Crippen LogP contribution in [0.4, 0.5) is 0 Å². The van der Waals surface area contributed by atoms with Crippen LogP contribution in [0.25, 0.3) is 0 Å². The van der Waals surface area contributed by atoms with Crippen molar-refractivity contribution in [1.29, 1.82) is 0 Å². The van der Waals surface area contributed by atoms with Gasteiger partial charge in [-0.25, -0.2) is 0 Å². The molecule has 0 amide bonds. The fourth-order valence-corrected chi connectivity index (χ4v) is 3.78. The smallest absolute Gasteiger partial charge is 0.323 e. The number of nitrogens with zero attached hydrogens (tertiary/aromatic N) is 1. The van der Waals surface area contributed by atoms with E-state index in [1.165, 1.54) is 39.2 Å². The van der Waals surface area contributed by atoms with Gasteiger partial charge in [0.05, 0.1) is 7.11 Å². The summed E-state index contributed by atoms with van der Waals surface area (Å²) in [6.45, 7) is 3.28. The Labute approximate surface area is 111 Å². The molecule has 3 unspecified atom stereocenters. The van der Waals surface area contributed by atoms with Gasteiger partial charge in [0.2, 0.25) is 0 Å². The normalized spacial score (nSPS) is 29.9. The van der Waals surface area contributed by atoms with E-state index in [4.69, 9.17) is 4.74 Å². The molecule has 0 aromatic heterocycles. The molecule has 3 atom stereocenters. The Morgan fingerprint density at radius 3 is 2.83 bits per heavy atom. The Morgan fingerprint density at radius 2 is 2.11 bits per heavy atom. The molecule has 0 N–H and O–H groups in total. The van der Waals surface area contributed by atoms with Crippen LogP contribution in [0, 0.1) is 5.92 Å². The van der Waals surface area contributed by atoms with E-state index in [9.17, 15) is 4.79 Å². The molecule has 1 aliphatic heterocycles. The maximum atomic E-state index is 12.0. The Bertz CT molecular complexity index is 280. The molecule has 2 aliphatic rings. The molecule has 2 fully saturated rings. The Kier molecular flexibility index (Phi) is 5.04. The first-order valence-corrected chi connectivity index (χ1v) is 7.61. The van der Waals surface area contributed by atoms with Crippen LogP contribution >= 0.6 is 0 Å². The van der Waals surface area contributed by atoms with Gasteiger partial charge in [0.15, 0.2) is 0 Å². The van der Waals surface area contributed by atoms with E-state index in [2.05, 4.69) is 11.8 Å². The van der Waals surface area contributed by atoms with Crippen LogP contribution in [0.15, 0.2) is 0 Å². The Balaban J connectivity index is 2.02. The molecular weight excluding hydrogens is 226 g/mol. The number of carbonyl (C=O) groups excluding carboxylic acids is 1. The summed E-state index contributed by atoms with van der Waals surface area (Å²) in [6.07, 6.45) is 9.87. The molecule has 0 bridgehead atoms. The molecule has 0 aromatic carbocycles. The van der Waals surface area contributed by atoms with Gasteiger partial charge in [-0.2, -0.15) is 0 Å². The first kappa shape index (κ1) is 13.9. The fourth-order valence-electron chi connectivity index (χ4n) is 3.78. The summed E-state index contributed by atoms with van der Waals surface area (Å²) in [4.78, 5) is 14.5. The van der Waals surface area contributed by atoms with Crippen LogP contribution in [-0.2, 0) is 9.53 Å². The van der Waals surface area contributed by atoms with Gasteiger partial charge in [0, 0.05) is 6.04 Å². The number of rotatable bonds is 5. The van der Waals surface area contributed by atoms with Gasteiger partial charge < -0.3 is 4.74 Å². The molecule has 2 rings (SSSR count). The van der Waals surface area contributed by atoms with Crippen molar-refractivity contribution in [2.24, 2.45) is 5.92 Å². The minimum Gasteiger partial charge on any atom is -0.468 e. The van der Waals surface area contributed by atoms with Crippen LogP contribution in [-0.4, -0.2) is 36.6 Å². The highest BCUT2D eigenvalue weighted by Crippen LogP contribution is 2.38. The summed E-state index contributed by atoms with van der Waals surface area (Å²) in [5.41, 5.74) is 0. The van der Waals surface area contributed by atoms with Crippen molar-refractivity contribution in [3.63, 3.8) is 0 Å². The maximum Gasteiger partial charge on any atom is 0.323 e. The van der Waals surface area contributed by atoms with Crippen molar-refractivity contribution in [3.8, 4) is 0 Å². The van der Waals surface area contributed by atoms with Crippen LogP contribution in [0.2, 0.25) is 0 Å². The number of fused-ring (bicyclic) bond motifs is 1. The molecule has 104 valence electrons. The Morgan fingerprint density at radius 1 is 1.33 bits per heavy atom. The van der Waals surface area contributed by atoms with Gasteiger partial charge in [-0.3, -0.25) is 9.69 Å². The molecular formula is C15H27NO2. The first-order chi connectivity index (χ1) is 8.77. The van der Waals surface area contributed by atoms with Crippen molar-refractivity contribution in [3.05, 3.63) is 0 Å². The van der Waals surface area contributed by atoms with E-state index >= 15 is 0 Å². The van der Waals surface area contributed by atoms with Crippen molar-refractivity contribution in [2.45, 2.75) is 70.4 Å². The number of hydrogen-bond donors (Lipinski definition) is 0. The summed E-state index contributed by atoms with van der Waals surface area (Å²) in [5.74, 6) is 0.821. The van der Waals surface area contributed by atoms with Crippen LogP contribution in [0.5, 0.6) is 0 Å². The highest BCUT2D eigenvalue weighted by molar-refractivity contribution is 5.75. The minimum absolute atomic E-state index is 0.0167. The zero-order valence-corrected chi connectivity index (χ0v) is 11.9. The van der Waals surface area contributed by atoms with Crippen LogP contribution in [0.3, 0.4) is 0 Å². The van der Waals surface area contributed by atoms with E-state index in [1.54, 1.807) is 0 Å². The van der Waals surface area contributed by atoms with E-state index in [-0.39, 0.29) is 12.0 Å². The van der Waals surface area contributed by atoms with E-state index in [0.29, 0.717) is 6.04 Å². The average molecular weight is 253 g/mol. The highest BCUT2D eigenvalue weighted by Gasteiger charge is 2.41. The van der Waals surface area contributed by atoms with Gasteiger partial charge in [0.25, 0.3) is 0 Å². The lowest BCUT2D eigenvalue weighted by Gasteiger charge is -2.35. The summed E-state index contributed by atoms with van der Waals surface area (Å²) in [5, 5.41) is 0. The van der Waals surface area contributed by atoms with E-state index < -0.39 is 0 Å².